The second-order valence-corrected chi connectivity index (χ2v) is 4.34. The second kappa shape index (κ2) is 4.85. The number of rotatable bonds is 6. The maximum absolute atomic E-state index is 10.4. The quantitative estimate of drug-likeness (QED) is 0.606. The van der Waals surface area contributed by atoms with Crippen LogP contribution in [0.2, 0.25) is 0 Å². The summed E-state index contributed by atoms with van der Waals surface area (Å²) < 4.78 is 10.5. The number of ether oxygens (including phenoxy) is 1. The predicted octanol–water partition coefficient (Wildman–Crippen LogP) is 1.85. The van der Waals surface area contributed by atoms with E-state index in [-0.39, 0.29) is 11.5 Å². The van der Waals surface area contributed by atoms with E-state index in [1.165, 1.54) is 12.5 Å². The van der Waals surface area contributed by atoms with E-state index in [0.717, 1.165) is 19.4 Å². The van der Waals surface area contributed by atoms with Crippen LogP contribution in [0, 0.1) is 10.1 Å². The lowest BCUT2D eigenvalue weighted by Crippen LogP contribution is -2.47. The number of methoxy groups -OCH3 is 1. The van der Waals surface area contributed by atoms with E-state index in [1.807, 2.05) is 0 Å². The highest BCUT2D eigenvalue weighted by Gasteiger charge is 2.36. The molecule has 0 spiro atoms. The molecule has 1 aliphatic carbocycles. The fourth-order valence-electron chi connectivity index (χ4n) is 2.00. The summed E-state index contributed by atoms with van der Waals surface area (Å²) in [6.07, 6.45) is 3.32. The molecule has 0 unspecified atom stereocenters. The molecular weight excluding hydrogens is 224 g/mol. The summed E-state index contributed by atoms with van der Waals surface area (Å²) in [4.78, 5) is 9.88. The van der Waals surface area contributed by atoms with E-state index >= 15 is 0 Å². The first-order valence-corrected chi connectivity index (χ1v) is 5.64. The normalized spacial score (nSPS) is 17.7. The Kier molecular flexibility index (Phi) is 3.44. The third-order valence-electron chi connectivity index (χ3n) is 3.27. The van der Waals surface area contributed by atoms with Gasteiger partial charge in [-0.15, -0.1) is 0 Å². The van der Waals surface area contributed by atoms with Crippen molar-refractivity contribution in [1.29, 1.82) is 0 Å². The van der Waals surface area contributed by atoms with Gasteiger partial charge in [0.05, 0.1) is 18.2 Å². The van der Waals surface area contributed by atoms with Crippen molar-refractivity contribution in [2.24, 2.45) is 0 Å². The number of nitrogens with zero attached hydrogens (tertiary/aromatic N) is 1. The van der Waals surface area contributed by atoms with Crippen molar-refractivity contribution in [3.05, 3.63) is 28.0 Å². The Hall–Kier alpha value is -1.40. The lowest BCUT2D eigenvalue weighted by atomic mass is 9.80. The van der Waals surface area contributed by atoms with Gasteiger partial charge in [0.1, 0.15) is 10.7 Å². The van der Waals surface area contributed by atoms with Crippen molar-refractivity contribution >= 4 is 5.88 Å². The molecule has 0 aliphatic heterocycles. The average Bonchev–Trinajstić information content (AvgIpc) is 2.71. The van der Waals surface area contributed by atoms with Gasteiger partial charge in [-0.1, -0.05) is 0 Å². The molecule has 1 aromatic rings. The molecule has 0 saturated heterocycles. The van der Waals surface area contributed by atoms with Crippen molar-refractivity contribution in [3.63, 3.8) is 0 Å². The Balaban J connectivity index is 1.79. The smallest absolute Gasteiger partial charge is 0.404 e. The van der Waals surface area contributed by atoms with E-state index in [9.17, 15) is 10.1 Å². The molecular formula is C11H16N2O4. The summed E-state index contributed by atoms with van der Waals surface area (Å²) in [6.45, 7) is 1.23. The number of furan rings is 1. The maximum atomic E-state index is 10.4. The van der Waals surface area contributed by atoms with Crippen LogP contribution in [-0.4, -0.2) is 24.2 Å². The van der Waals surface area contributed by atoms with Gasteiger partial charge in [-0.3, -0.25) is 10.1 Å². The molecule has 2 rings (SSSR count). The molecule has 6 nitrogen and oxygen atoms in total. The van der Waals surface area contributed by atoms with Crippen LogP contribution < -0.4 is 5.32 Å². The number of hydrogen-bond donors (Lipinski definition) is 1. The van der Waals surface area contributed by atoms with E-state index in [4.69, 9.17) is 9.15 Å². The van der Waals surface area contributed by atoms with Gasteiger partial charge in [-0.2, -0.15) is 0 Å². The molecule has 1 heterocycles. The van der Waals surface area contributed by atoms with E-state index < -0.39 is 4.92 Å². The summed E-state index contributed by atoms with van der Waals surface area (Å²) in [5, 5.41) is 13.6. The molecule has 94 valence electrons. The second-order valence-electron chi connectivity index (χ2n) is 4.34. The van der Waals surface area contributed by atoms with Crippen molar-refractivity contribution in [2.75, 3.05) is 13.7 Å². The van der Waals surface area contributed by atoms with Crippen LogP contribution in [0.3, 0.4) is 0 Å². The van der Waals surface area contributed by atoms with Crippen LogP contribution >= 0.6 is 0 Å². The SMILES string of the molecule is COC1(CNCc2ccc([N+](=O)[O-])o2)CCC1. The Labute approximate surface area is 99.1 Å². The van der Waals surface area contributed by atoms with Gasteiger partial charge in [-0.05, 0) is 25.3 Å². The van der Waals surface area contributed by atoms with Crippen molar-refractivity contribution < 1.29 is 14.1 Å². The summed E-state index contributed by atoms with van der Waals surface area (Å²) in [5.41, 5.74) is -0.0431. The molecule has 0 aromatic carbocycles. The molecule has 1 N–H and O–H groups in total. The van der Waals surface area contributed by atoms with Gasteiger partial charge in [0.15, 0.2) is 0 Å². The van der Waals surface area contributed by atoms with Gasteiger partial charge < -0.3 is 14.5 Å². The first-order chi connectivity index (χ1) is 8.15. The lowest BCUT2D eigenvalue weighted by molar-refractivity contribution is -0.402. The van der Waals surface area contributed by atoms with Crippen LogP contribution in [-0.2, 0) is 11.3 Å². The Morgan fingerprint density at radius 3 is 2.82 bits per heavy atom. The van der Waals surface area contributed by atoms with Gasteiger partial charge >= 0.3 is 5.88 Å². The zero-order valence-electron chi connectivity index (χ0n) is 9.77. The Morgan fingerprint density at radius 1 is 1.59 bits per heavy atom. The molecule has 6 heteroatoms. The first kappa shape index (κ1) is 12.1. The van der Waals surface area contributed by atoms with Crippen LogP contribution in [0.25, 0.3) is 0 Å². The van der Waals surface area contributed by atoms with Crippen molar-refractivity contribution in [3.8, 4) is 0 Å². The third kappa shape index (κ3) is 2.65. The van der Waals surface area contributed by atoms with Crippen molar-refractivity contribution in [1.82, 2.24) is 5.32 Å². The topological polar surface area (TPSA) is 77.5 Å². The largest absolute Gasteiger partial charge is 0.433 e. The fraction of sp³-hybridized carbons (Fsp3) is 0.636. The zero-order valence-corrected chi connectivity index (χ0v) is 9.77. The molecule has 1 fully saturated rings. The predicted molar refractivity (Wildman–Crippen MR) is 60.7 cm³/mol. The van der Waals surface area contributed by atoms with Crippen LogP contribution in [0.5, 0.6) is 0 Å². The molecule has 1 saturated carbocycles. The molecule has 0 amide bonds. The van der Waals surface area contributed by atoms with Gasteiger partial charge in [0.2, 0.25) is 0 Å². The standard InChI is InChI=1S/C11H16N2O4/c1-16-11(5-2-6-11)8-12-7-9-3-4-10(17-9)13(14)15/h3-4,12H,2,5-8H2,1H3. The van der Waals surface area contributed by atoms with E-state index in [0.29, 0.717) is 12.3 Å². The minimum absolute atomic E-state index is 0.0431. The minimum Gasteiger partial charge on any atom is -0.404 e. The monoisotopic (exact) mass is 240 g/mol. The van der Waals surface area contributed by atoms with Crippen LogP contribution in [0.15, 0.2) is 16.5 Å². The Morgan fingerprint density at radius 2 is 2.35 bits per heavy atom. The van der Waals surface area contributed by atoms with Crippen molar-refractivity contribution in [2.45, 2.75) is 31.4 Å². The number of nitrogens with one attached hydrogen (secondary N) is 1. The van der Waals surface area contributed by atoms with Gasteiger partial charge in [0, 0.05) is 13.7 Å². The summed E-state index contributed by atoms with van der Waals surface area (Å²) in [7, 11) is 1.72. The molecule has 0 atom stereocenters. The summed E-state index contributed by atoms with van der Waals surface area (Å²) >= 11 is 0. The van der Waals surface area contributed by atoms with Crippen LogP contribution in [0.1, 0.15) is 25.0 Å². The molecule has 1 aliphatic rings. The molecule has 17 heavy (non-hydrogen) atoms. The highest BCUT2D eigenvalue weighted by atomic mass is 16.6. The van der Waals surface area contributed by atoms with E-state index in [1.54, 1.807) is 13.2 Å². The number of nitro groups is 1. The molecule has 0 radical (unpaired) electrons. The highest BCUT2D eigenvalue weighted by Crippen LogP contribution is 2.34. The van der Waals surface area contributed by atoms with Crippen LogP contribution in [0.4, 0.5) is 5.88 Å². The summed E-state index contributed by atoms with van der Waals surface area (Å²) in [5.74, 6) is 0.356. The fourth-order valence-corrected chi connectivity index (χ4v) is 2.00. The molecule has 0 bridgehead atoms. The third-order valence-corrected chi connectivity index (χ3v) is 3.27. The minimum atomic E-state index is -0.536. The maximum Gasteiger partial charge on any atom is 0.433 e. The van der Waals surface area contributed by atoms with Gasteiger partial charge in [0.25, 0.3) is 0 Å². The average molecular weight is 240 g/mol. The lowest BCUT2D eigenvalue weighted by Gasteiger charge is -2.40. The first-order valence-electron chi connectivity index (χ1n) is 5.64. The highest BCUT2D eigenvalue weighted by molar-refractivity contribution is 5.17. The Bertz CT molecular complexity index is 392. The number of hydrogen-bond acceptors (Lipinski definition) is 5. The summed E-state index contributed by atoms with van der Waals surface area (Å²) in [6, 6.07) is 2.98. The van der Waals surface area contributed by atoms with Gasteiger partial charge in [-0.25, -0.2) is 0 Å². The zero-order chi connectivity index (χ0) is 12.3. The van der Waals surface area contributed by atoms with E-state index in [2.05, 4.69) is 5.32 Å². The molecule has 1 aromatic heterocycles.